The first-order valence-corrected chi connectivity index (χ1v) is 6.42. The maximum atomic E-state index is 12.0. The third-order valence-corrected chi connectivity index (χ3v) is 3.17. The quantitative estimate of drug-likeness (QED) is 0.741. The van der Waals surface area contributed by atoms with Crippen LogP contribution >= 0.6 is 0 Å². The molecule has 2 aromatic rings. The van der Waals surface area contributed by atoms with E-state index in [1.807, 2.05) is 0 Å². The molecule has 21 heavy (non-hydrogen) atoms. The van der Waals surface area contributed by atoms with E-state index in [0.717, 1.165) is 5.56 Å². The number of phenolic OH excluding ortho intramolecular Hbond substituents is 1. The molecule has 1 aromatic carbocycles. The number of phenols is 1. The summed E-state index contributed by atoms with van der Waals surface area (Å²) in [4.78, 5) is 24.0. The molecule has 6 nitrogen and oxygen atoms in total. The summed E-state index contributed by atoms with van der Waals surface area (Å²) < 4.78 is 1.40. The van der Waals surface area contributed by atoms with Crippen molar-refractivity contribution in [2.45, 2.75) is 13.8 Å². The number of nitrogens with one attached hydrogen (secondary N) is 2. The maximum absolute atomic E-state index is 12.0. The van der Waals surface area contributed by atoms with Crippen molar-refractivity contribution in [3.63, 3.8) is 0 Å². The molecule has 2 rings (SSSR count). The van der Waals surface area contributed by atoms with Gasteiger partial charge in [-0.2, -0.15) is 0 Å². The van der Waals surface area contributed by atoms with Crippen molar-refractivity contribution < 1.29 is 9.90 Å². The predicted octanol–water partition coefficient (Wildman–Crippen LogP) is 2.35. The van der Waals surface area contributed by atoms with E-state index in [1.165, 1.54) is 10.6 Å². The number of carbonyl (C=O) groups is 1. The van der Waals surface area contributed by atoms with Gasteiger partial charge in [-0.05, 0) is 49.2 Å². The molecule has 0 unspecified atom stereocenters. The molecule has 0 bridgehead atoms. The van der Waals surface area contributed by atoms with Crippen molar-refractivity contribution in [2.24, 2.45) is 7.05 Å². The number of amides is 2. The van der Waals surface area contributed by atoms with Gasteiger partial charge in [-0.1, -0.05) is 0 Å². The predicted molar refractivity (Wildman–Crippen MR) is 81.9 cm³/mol. The highest BCUT2D eigenvalue weighted by atomic mass is 16.3. The Kier molecular flexibility index (Phi) is 3.98. The van der Waals surface area contributed by atoms with E-state index in [4.69, 9.17) is 0 Å². The number of urea groups is 1. The molecule has 0 aliphatic heterocycles. The Morgan fingerprint density at radius 1 is 1.14 bits per heavy atom. The van der Waals surface area contributed by atoms with Gasteiger partial charge in [0.05, 0.1) is 0 Å². The van der Waals surface area contributed by atoms with Gasteiger partial charge in [0.2, 0.25) is 0 Å². The first kappa shape index (κ1) is 14.6. The van der Waals surface area contributed by atoms with E-state index in [0.29, 0.717) is 11.3 Å². The lowest BCUT2D eigenvalue weighted by atomic mass is 10.2. The standard InChI is InChI=1S/C15H17N3O3/c1-9-6-7-18(3)14(20)13(9)17-15(21)16-12-5-4-11(19)8-10(12)2/h4-8,19H,1-3H3,(H2,16,17,21). The maximum Gasteiger partial charge on any atom is 0.323 e. The number of carbonyl (C=O) groups excluding carboxylic acids is 1. The third kappa shape index (κ3) is 3.22. The largest absolute Gasteiger partial charge is 0.508 e. The Labute approximate surface area is 122 Å². The number of benzene rings is 1. The summed E-state index contributed by atoms with van der Waals surface area (Å²) in [5.41, 5.74) is 1.95. The van der Waals surface area contributed by atoms with Crippen molar-refractivity contribution in [2.75, 3.05) is 10.6 Å². The van der Waals surface area contributed by atoms with Crippen LogP contribution in [0.4, 0.5) is 16.2 Å². The minimum atomic E-state index is -0.504. The Morgan fingerprint density at radius 3 is 2.52 bits per heavy atom. The smallest absolute Gasteiger partial charge is 0.323 e. The van der Waals surface area contributed by atoms with Crippen molar-refractivity contribution in [1.82, 2.24) is 4.57 Å². The number of pyridine rings is 1. The SMILES string of the molecule is Cc1cc(O)ccc1NC(=O)Nc1c(C)ccn(C)c1=O. The fourth-order valence-corrected chi connectivity index (χ4v) is 1.93. The second-order valence-corrected chi connectivity index (χ2v) is 4.87. The van der Waals surface area contributed by atoms with Gasteiger partial charge in [0.15, 0.2) is 0 Å². The molecule has 0 spiro atoms. The van der Waals surface area contributed by atoms with Gasteiger partial charge < -0.3 is 20.3 Å². The van der Waals surface area contributed by atoms with E-state index in [2.05, 4.69) is 10.6 Å². The van der Waals surface area contributed by atoms with Crippen LogP contribution in [0.2, 0.25) is 0 Å². The van der Waals surface area contributed by atoms with Gasteiger partial charge in [0.25, 0.3) is 5.56 Å². The van der Waals surface area contributed by atoms with Gasteiger partial charge in [-0.25, -0.2) is 4.79 Å². The van der Waals surface area contributed by atoms with Gasteiger partial charge in [0, 0.05) is 18.9 Å². The number of rotatable bonds is 2. The van der Waals surface area contributed by atoms with Crippen LogP contribution in [0.25, 0.3) is 0 Å². The van der Waals surface area contributed by atoms with Gasteiger partial charge in [0.1, 0.15) is 11.4 Å². The summed E-state index contributed by atoms with van der Waals surface area (Å²) >= 11 is 0. The number of anilines is 2. The molecule has 0 aliphatic rings. The Morgan fingerprint density at radius 2 is 1.86 bits per heavy atom. The molecule has 1 aromatic heterocycles. The first-order valence-electron chi connectivity index (χ1n) is 6.42. The molecule has 1 heterocycles. The minimum absolute atomic E-state index is 0.131. The summed E-state index contributed by atoms with van der Waals surface area (Å²) in [6, 6.07) is 5.87. The molecule has 3 N–H and O–H groups in total. The second kappa shape index (κ2) is 5.70. The molecule has 0 radical (unpaired) electrons. The Hall–Kier alpha value is -2.76. The molecule has 6 heteroatoms. The molecule has 0 atom stereocenters. The molecular formula is C15H17N3O3. The summed E-state index contributed by atoms with van der Waals surface area (Å²) in [5.74, 6) is 0.131. The number of aromatic nitrogens is 1. The van der Waals surface area contributed by atoms with Crippen molar-refractivity contribution in [3.8, 4) is 5.75 Å². The van der Waals surface area contributed by atoms with Gasteiger partial charge in [-0.3, -0.25) is 4.79 Å². The van der Waals surface area contributed by atoms with Gasteiger partial charge >= 0.3 is 6.03 Å². The lowest BCUT2D eigenvalue weighted by Crippen LogP contribution is -2.28. The Balaban J connectivity index is 2.20. The topological polar surface area (TPSA) is 83.4 Å². The number of aromatic hydroxyl groups is 1. The van der Waals surface area contributed by atoms with E-state index in [-0.39, 0.29) is 17.0 Å². The lowest BCUT2D eigenvalue weighted by molar-refractivity contribution is 0.262. The number of hydrogen-bond donors (Lipinski definition) is 3. The zero-order valence-corrected chi connectivity index (χ0v) is 12.1. The van der Waals surface area contributed by atoms with Crippen LogP contribution < -0.4 is 16.2 Å². The highest BCUT2D eigenvalue weighted by Gasteiger charge is 2.10. The minimum Gasteiger partial charge on any atom is -0.508 e. The average Bonchev–Trinajstić information content (AvgIpc) is 2.42. The first-order chi connectivity index (χ1) is 9.88. The van der Waals surface area contributed by atoms with Crippen molar-refractivity contribution in [1.29, 1.82) is 0 Å². The summed E-state index contributed by atoms with van der Waals surface area (Å²) in [6.45, 7) is 3.52. The molecule has 110 valence electrons. The average molecular weight is 287 g/mol. The van der Waals surface area contributed by atoms with Crippen LogP contribution in [-0.4, -0.2) is 15.7 Å². The van der Waals surface area contributed by atoms with Crippen LogP contribution in [0.5, 0.6) is 5.75 Å². The zero-order chi connectivity index (χ0) is 15.6. The molecule has 0 saturated carbocycles. The van der Waals surface area contributed by atoms with Crippen LogP contribution in [0, 0.1) is 13.8 Å². The third-order valence-electron chi connectivity index (χ3n) is 3.17. The molecule has 0 saturated heterocycles. The highest BCUT2D eigenvalue weighted by molar-refractivity contribution is 6.00. The van der Waals surface area contributed by atoms with E-state index in [9.17, 15) is 14.7 Å². The van der Waals surface area contributed by atoms with Crippen molar-refractivity contribution >= 4 is 17.4 Å². The van der Waals surface area contributed by atoms with E-state index in [1.54, 1.807) is 45.3 Å². The monoisotopic (exact) mass is 287 g/mol. The fourth-order valence-electron chi connectivity index (χ4n) is 1.93. The molecule has 2 amide bonds. The number of nitrogens with zero attached hydrogens (tertiary/aromatic N) is 1. The van der Waals surface area contributed by atoms with Crippen LogP contribution in [-0.2, 0) is 7.05 Å². The lowest BCUT2D eigenvalue weighted by Gasteiger charge is -2.12. The second-order valence-electron chi connectivity index (χ2n) is 4.87. The Bertz CT molecular complexity index is 750. The van der Waals surface area contributed by atoms with Crippen LogP contribution in [0.15, 0.2) is 35.3 Å². The van der Waals surface area contributed by atoms with E-state index < -0.39 is 6.03 Å². The highest BCUT2D eigenvalue weighted by Crippen LogP contribution is 2.20. The summed E-state index contributed by atoms with van der Waals surface area (Å²) in [5, 5.41) is 14.6. The molecular weight excluding hydrogens is 270 g/mol. The van der Waals surface area contributed by atoms with E-state index >= 15 is 0 Å². The summed E-state index contributed by atoms with van der Waals surface area (Å²) in [7, 11) is 1.62. The molecule has 0 aliphatic carbocycles. The number of hydrogen-bond acceptors (Lipinski definition) is 3. The normalized spacial score (nSPS) is 10.2. The van der Waals surface area contributed by atoms with Gasteiger partial charge in [-0.15, -0.1) is 0 Å². The molecule has 0 fully saturated rings. The zero-order valence-electron chi connectivity index (χ0n) is 12.1. The fraction of sp³-hybridized carbons (Fsp3) is 0.200. The summed E-state index contributed by atoms with van der Waals surface area (Å²) in [6.07, 6.45) is 1.64. The van der Waals surface area contributed by atoms with Crippen LogP contribution in [0.3, 0.4) is 0 Å². The number of aryl methyl sites for hydroxylation is 3. The van der Waals surface area contributed by atoms with Crippen LogP contribution in [0.1, 0.15) is 11.1 Å². The van der Waals surface area contributed by atoms with Crippen molar-refractivity contribution in [3.05, 3.63) is 51.9 Å².